The lowest BCUT2D eigenvalue weighted by molar-refractivity contribution is -0.136. The second-order valence-electron chi connectivity index (χ2n) is 2.48. The molecule has 1 aromatic carbocycles. The van der Waals surface area contributed by atoms with Crippen molar-refractivity contribution in [2.75, 3.05) is 5.73 Å². The zero-order chi connectivity index (χ0) is 10.0. The molecule has 0 aliphatic carbocycles. The van der Waals surface area contributed by atoms with Crippen LogP contribution in [0.15, 0.2) is 18.2 Å². The highest BCUT2D eigenvalue weighted by atomic mass is 79.9. The van der Waals surface area contributed by atoms with Crippen molar-refractivity contribution in [3.05, 3.63) is 29.6 Å². The van der Waals surface area contributed by atoms with E-state index in [1.165, 1.54) is 12.1 Å². The minimum Gasteiger partial charge on any atom is -0.480 e. The molecule has 0 amide bonds. The Bertz CT molecular complexity index is 343. The van der Waals surface area contributed by atoms with E-state index < -0.39 is 16.6 Å². The normalized spacial score (nSPS) is 12.5. The molecule has 13 heavy (non-hydrogen) atoms. The fourth-order valence-corrected chi connectivity index (χ4v) is 1.15. The van der Waals surface area contributed by atoms with Crippen LogP contribution in [0.1, 0.15) is 10.4 Å². The first kappa shape index (κ1) is 9.98. The van der Waals surface area contributed by atoms with Crippen LogP contribution < -0.4 is 5.73 Å². The molecule has 70 valence electrons. The highest BCUT2D eigenvalue weighted by molar-refractivity contribution is 9.09. The summed E-state index contributed by atoms with van der Waals surface area (Å²) in [5, 5.41) is 8.61. The molecule has 1 rings (SSSR count). The van der Waals surface area contributed by atoms with Crippen LogP contribution in [0.2, 0.25) is 0 Å². The second kappa shape index (κ2) is 3.74. The Morgan fingerprint density at radius 1 is 1.62 bits per heavy atom. The first-order valence-electron chi connectivity index (χ1n) is 3.44. The molecule has 0 spiro atoms. The Morgan fingerprint density at radius 3 is 2.69 bits per heavy atom. The van der Waals surface area contributed by atoms with E-state index in [1.807, 2.05) is 0 Å². The highest BCUT2D eigenvalue weighted by Gasteiger charge is 2.16. The van der Waals surface area contributed by atoms with Gasteiger partial charge in [-0.3, -0.25) is 4.79 Å². The quantitative estimate of drug-likeness (QED) is 0.620. The van der Waals surface area contributed by atoms with Crippen LogP contribution >= 0.6 is 15.9 Å². The third-order valence-corrected chi connectivity index (χ3v) is 2.45. The van der Waals surface area contributed by atoms with E-state index in [-0.39, 0.29) is 5.69 Å². The van der Waals surface area contributed by atoms with Crippen molar-refractivity contribution >= 4 is 27.6 Å². The van der Waals surface area contributed by atoms with Gasteiger partial charge in [0.25, 0.3) is 0 Å². The van der Waals surface area contributed by atoms with Crippen LogP contribution in [0.5, 0.6) is 0 Å². The van der Waals surface area contributed by atoms with Crippen molar-refractivity contribution in [3.63, 3.8) is 0 Å². The fraction of sp³-hybridized carbons (Fsp3) is 0.125. The number of hydrogen-bond acceptors (Lipinski definition) is 2. The number of benzene rings is 1. The maximum atomic E-state index is 12.7. The van der Waals surface area contributed by atoms with Crippen LogP contribution in [0, 0.1) is 5.82 Å². The molecule has 0 heterocycles. The van der Waals surface area contributed by atoms with Crippen molar-refractivity contribution in [3.8, 4) is 0 Å². The first-order valence-corrected chi connectivity index (χ1v) is 4.35. The minimum absolute atomic E-state index is 0.0526. The average molecular weight is 248 g/mol. The Hall–Kier alpha value is -1.10. The predicted octanol–water partition coefficient (Wildman–Crippen LogP) is 1.93. The SMILES string of the molecule is Nc1cc(C(Br)C(=O)O)ccc1F. The number of nitrogen functional groups attached to an aromatic ring is 1. The number of carboxylic acid groups (broad SMARTS) is 1. The maximum Gasteiger partial charge on any atom is 0.321 e. The summed E-state index contributed by atoms with van der Waals surface area (Å²) in [6.07, 6.45) is 0. The standard InChI is InChI=1S/C8H7BrFNO2/c9-7(8(12)13)4-1-2-5(10)6(11)3-4/h1-3,7H,11H2,(H,12,13). The molecule has 0 aromatic heterocycles. The van der Waals surface area contributed by atoms with Gasteiger partial charge in [0, 0.05) is 0 Å². The Balaban J connectivity index is 3.03. The molecule has 5 heteroatoms. The van der Waals surface area contributed by atoms with Gasteiger partial charge >= 0.3 is 5.97 Å². The van der Waals surface area contributed by atoms with Crippen molar-refractivity contribution in [1.29, 1.82) is 0 Å². The van der Waals surface area contributed by atoms with Gasteiger partial charge in [0.05, 0.1) is 5.69 Å². The van der Waals surface area contributed by atoms with Gasteiger partial charge in [-0.05, 0) is 17.7 Å². The monoisotopic (exact) mass is 247 g/mol. The van der Waals surface area contributed by atoms with Gasteiger partial charge in [-0.1, -0.05) is 22.0 Å². The van der Waals surface area contributed by atoms with Gasteiger partial charge in [0.2, 0.25) is 0 Å². The number of carboxylic acids is 1. The van der Waals surface area contributed by atoms with Crippen molar-refractivity contribution < 1.29 is 14.3 Å². The lowest BCUT2D eigenvalue weighted by atomic mass is 10.1. The summed E-state index contributed by atoms with van der Waals surface area (Å²) in [6.45, 7) is 0. The number of carbonyl (C=O) groups is 1. The van der Waals surface area contributed by atoms with E-state index in [1.54, 1.807) is 0 Å². The van der Waals surface area contributed by atoms with Gasteiger partial charge in [-0.2, -0.15) is 0 Å². The van der Waals surface area contributed by atoms with Gasteiger partial charge < -0.3 is 10.8 Å². The van der Waals surface area contributed by atoms with Crippen LogP contribution in [0.25, 0.3) is 0 Å². The summed E-state index contributed by atoms with van der Waals surface area (Å²) in [5.74, 6) is -1.58. The van der Waals surface area contributed by atoms with Crippen LogP contribution in [-0.4, -0.2) is 11.1 Å². The molecule has 0 aliphatic heterocycles. The summed E-state index contributed by atoms with van der Waals surface area (Å²) in [4.78, 5) is 9.66. The Labute approximate surface area is 82.5 Å². The number of halogens is 2. The van der Waals surface area contributed by atoms with Gasteiger partial charge in [-0.25, -0.2) is 4.39 Å². The summed E-state index contributed by atoms with van der Waals surface area (Å²) in [7, 11) is 0. The molecule has 0 radical (unpaired) electrons. The van der Waals surface area contributed by atoms with Crippen LogP contribution in [0.3, 0.4) is 0 Å². The molecule has 0 aliphatic rings. The van der Waals surface area contributed by atoms with Crippen molar-refractivity contribution in [2.45, 2.75) is 4.83 Å². The zero-order valence-corrected chi connectivity index (χ0v) is 8.08. The fourth-order valence-electron chi connectivity index (χ4n) is 0.862. The van der Waals surface area contributed by atoms with Crippen LogP contribution in [0.4, 0.5) is 10.1 Å². The van der Waals surface area contributed by atoms with E-state index in [4.69, 9.17) is 10.8 Å². The van der Waals surface area contributed by atoms with Crippen molar-refractivity contribution in [2.24, 2.45) is 0 Å². The predicted molar refractivity (Wildman–Crippen MR) is 50.1 cm³/mol. The van der Waals surface area contributed by atoms with Crippen LogP contribution in [-0.2, 0) is 4.79 Å². The maximum absolute atomic E-state index is 12.7. The van der Waals surface area contributed by atoms with Gasteiger partial charge in [-0.15, -0.1) is 0 Å². The molecule has 0 saturated heterocycles. The largest absolute Gasteiger partial charge is 0.480 e. The van der Waals surface area contributed by atoms with E-state index in [9.17, 15) is 9.18 Å². The molecule has 1 atom stereocenters. The van der Waals surface area contributed by atoms with E-state index >= 15 is 0 Å². The number of nitrogens with two attached hydrogens (primary N) is 1. The molecule has 1 aromatic rings. The number of alkyl halides is 1. The summed E-state index contributed by atoms with van der Waals surface area (Å²) in [5.41, 5.74) is 5.64. The number of hydrogen-bond donors (Lipinski definition) is 2. The average Bonchev–Trinajstić information content (AvgIpc) is 2.08. The molecule has 3 N–H and O–H groups in total. The van der Waals surface area contributed by atoms with E-state index in [0.29, 0.717) is 5.56 Å². The van der Waals surface area contributed by atoms with Gasteiger partial charge in [0.1, 0.15) is 10.6 Å². The number of anilines is 1. The zero-order valence-electron chi connectivity index (χ0n) is 6.50. The Kier molecular flexibility index (Phi) is 2.87. The molecule has 1 unspecified atom stereocenters. The third-order valence-electron chi connectivity index (χ3n) is 1.53. The van der Waals surface area contributed by atoms with E-state index in [2.05, 4.69) is 15.9 Å². The second-order valence-corrected chi connectivity index (χ2v) is 3.40. The molecular weight excluding hydrogens is 241 g/mol. The smallest absolute Gasteiger partial charge is 0.321 e. The lowest BCUT2D eigenvalue weighted by Crippen LogP contribution is -2.05. The van der Waals surface area contributed by atoms with Crippen molar-refractivity contribution in [1.82, 2.24) is 0 Å². The summed E-state index contributed by atoms with van der Waals surface area (Å²) >= 11 is 2.93. The van der Waals surface area contributed by atoms with E-state index in [0.717, 1.165) is 6.07 Å². The number of aliphatic carboxylic acids is 1. The molecule has 0 saturated carbocycles. The lowest BCUT2D eigenvalue weighted by Gasteiger charge is -2.05. The molecular formula is C8H7BrFNO2. The third kappa shape index (κ3) is 2.18. The first-order chi connectivity index (χ1) is 6.02. The molecule has 0 bridgehead atoms. The summed E-state index contributed by atoms with van der Waals surface area (Å²) < 4.78 is 12.7. The topological polar surface area (TPSA) is 63.3 Å². The number of rotatable bonds is 2. The Morgan fingerprint density at radius 2 is 2.23 bits per heavy atom. The van der Waals surface area contributed by atoms with Gasteiger partial charge in [0.15, 0.2) is 0 Å². The summed E-state index contributed by atoms with van der Waals surface area (Å²) in [6, 6.07) is 3.81. The highest BCUT2D eigenvalue weighted by Crippen LogP contribution is 2.25. The minimum atomic E-state index is -1.04. The molecule has 3 nitrogen and oxygen atoms in total. The molecule has 0 fully saturated rings.